The maximum absolute atomic E-state index is 5.44. The van der Waals surface area contributed by atoms with Crippen LogP contribution in [0.1, 0.15) is 19.8 Å². The molecule has 2 heteroatoms. The quantitative estimate of drug-likeness (QED) is 0.375. The Morgan fingerprint density at radius 3 is 2.38 bits per heavy atom. The van der Waals surface area contributed by atoms with E-state index in [4.69, 9.17) is 12.2 Å². The molecular formula is C6H13PS. The van der Waals surface area contributed by atoms with Gasteiger partial charge in [0.15, 0.2) is 0 Å². The molecule has 0 amide bonds. The lowest BCUT2D eigenvalue weighted by Gasteiger charge is -2.27. The molecule has 0 saturated carbocycles. The van der Waals surface area contributed by atoms with Gasteiger partial charge in [0.2, 0.25) is 0 Å². The Kier molecular flexibility index (Phi) is 1.89. The Bertz CT molecular complexity index is 90.5. The van der Waals surface area contributed by atoms with Gasteiger partial charge in [-0.15, -0.1) is 6.46 Å². The summed E-state index contributed by atoms with van der Waals surface area (Å²) < 4.78 is 0. The van der Waals surface area contributed by atoms with E-state index in [0.29, 0.717) is 0 Å². The largest absolute Gasteiger partial charge is 0.556 e. The van der Waals surface area contributed by atoms with Crippen molar-refractivity contribution in [2.45, 2.75) is 25.4 Å². The average molecular weight is 148 g/mol. The first kappa shape index (κ1) is 6.89. The van der Waals surface area contributed by atoms with Crippen molar-refractivity contribution < 1.29 is 0 Å². The lowest BCUT2D eigenvalue weighted by molar-refractivity contribution is 0.835. The maximum atomic E-state index is 5.44. The van der Waals surface area contributed by atoms with Crippen LogP contribution in [0.2, 0.25) is 0 Å². The number of hydrogen-bond acceptors (Lipinski definition) is 1. The van der Waals surface area contributed by atoms with E-state index < -0.39 is 6.46 Å². The first-order chi connectivity index (χ1) is 3.63. The predicted molar refractivity (Wildman–Crippen MR) is 43.8 cm³/mol. The van der Waals surface area contributed by atoms with Gasteiger partial charge in [0.25, 0.3) is 0 Å². The zero-order valence-corrected chi connectivity index (χ0v) is 7.27. The zero-order chi connectivity index (χ0) is 6.20. The van der Waals surface area contributed by atoms with E-state index in [-0.39, 0.29) is 0 Å². The Morgan fingerprint density at radius 1 is 1.62 bits per heavy atom. The standard InChI is InChI=1S/C6H13PS/c1-6-4-3-5-7(6,2)8/h6H,3-5H2,1-2H3/t6-,7?/m1/s1. The molecular weight excluding hydrogens is 135 g/mol. The molecule has 0 bridgehead atoms. The summed E-state index contributed by atoms with van der Waals surface area (Å²) in [6.45, 7) is 3.82. The normalized spacial score (nSPS) is 47.6. The molecule has 1 heterocycles. The molecule has 0 N–H and O–H groups in total. The van der Waals surface area contributed by atoms with Crippen LogP contribution in [-0.4, -0.2) is 18.5 Å². The third-order valence-electron chi connectivity index (χ3n) is 2.16. The fourth-order valence-corrected chi connectivity index (χ4v) is 3.88. The first-order valence-corrected chi connectivity index (χ1v) is 6.69. The predicted octanol–water partition coefficient (Wildman–Crippen LogP) is 2.28. The van der Waals surface area contributed by atoms with Crippen molar-refractivity contribution >= 4 is 18.7 Å². The van der Waals surface area contributed by atoms with Crippen molar-refractivity contribution in [1.82, 2.24) is 0 Å². The van der Waals surface area contributed by atoms with Gasteiger partial charge in [-0.25, -0.2) is 0 Å². The van der Waals surface area contributed by atoms with Crippen LogP contribution in [0.25, 0.3) is 0 Å². The van der Waals surface area contributed by atoms with Gasteiger partial charge in [0.05, 0.1) is 0 Å². The van der Waals surface area contributed by atoms with Crippen molar-refractivity contribution in [3.05, 3.63) is 0 Å². The summed E-state index contributed by atoms with van der Waals surface area (Å²) in [5, 5.41) is 0. The maximum Gasteiger partial charge on any atom is 0.0473 e. The lowest BCUT2D eigenvalue weighted by Crippen LogP contribution is -1.98. The second-order valence-electron chi connectivity index (χ2n) is 2.89. The minimum absolute atomic E-state index is 0.801. The van der Waals surface area contributed by atoms with Crippen LogP contribution in [0, 0.1) is 0 Å². The van der Waals surface area contributed by atoms with E-state index in [1.54, 1.807) is 0 Å². The third-order valence-corrected chi connectivity index (χ3v) is 7.11. The minimum atomic E-state index is -0.801. The fraction of sp³-hybridized carbons (Fsp3) is 1.00. The van der Waals surface area contributed by atoms with Gasteiger partial charge in [-0.3, -0.25) is 0 Å². The molecule has 0 radical (unpaired) electrons. The molecule has 1 aliphatic heterocycles. The van der Waals surface area contributed by atoms with E-state index >= 15 is 0 Å². The fourth-order valence-electron chi connectivity index (χ4n) is 1.19. The Morgan fingerprint density at radius 2 is 2.25 bits per heavy atom. The van der Waals surface area contributed by atoms with Crippen LogP contribution in [0.3, 0.4) is 0 Å². The van der Waals surface area contributed by atoms with Crippen molar-refractivity contribution in [3.63, 3.8) is 0 Å². The Hall–Kier alpha value is 0.780. The van der Waals surface area contributed by atoms with Crippen LogP contribution in [0.4, 0.5) is 0 Å². The first-order valence-electron chi connectivity index (χ1n) is 3.19. The molecule has 0 aromatic heterocycles. The van der Waals surface area contributed by atoms with Gasteiger partial charge in [-0.1, -0.05) is 0 Å². The van der Waals surface area contributed by atoms with Gasteiger partial charge in [-0.05, 0) is 19.8 Å². The van der Waals surface area contributed by atoms with Crippen LogP contribution in [0.15, 0.2) is 0 Å². The third kappa shape index (κ3) is 1.19. The summed E-state index contributed by atoms with van der Waals surface area (Å²) in [4.78, 5) is 0. The monoisotopic (exact) mass is 148 g/mol. The van der Waals surface area contributed by atoms with Crippen LogP contribution >= 0.6 is 6.46 Å². The Balaban J connectivity index is 2.54. The smallest absolute Gasteiger partial charge is 0.0473 e. The highest BCUT2D eigenvalue weighted by Gasteiger charge is 2.30. The SMILES string of the molecule is C[C@@H]1CCC[P+]1(C)[S-]. The molecule has 1 fully saturated rings. The van der Waals surface area contributed by atoms with E-state index in [9.17, 15) is 0 Å². The highest BCUT2D eigenvalue weighted by molar-refractivity contribution is 8.42. The summed E-state index contributed by atoms with van der Waals surface area (Å²) >= 11 is 5.44. The zero-order valence-electron chi connectivity index (χ0n) is 5.55. The molecule has 8 heavy (non-hydrogen) atoms. The second-order valence-corrected chi connectivity index (χ2v) is 9.07. The number of rotatable bonds is 0. The van der Waals surface area contributed by atoms with Crippen LogP contribution < -0.4 is 0 Å². The number of hydrogen-bond donors (Lipinski definition) is 0. The van der Waals surface area contributed by atoms with Crippen LogP contribution in [0.5, 0.6) is 0 Å². The molecule has 2 atom stereocenters. The van der Waals surface area contributed by atoms with Gasteiger partial charge in [0, 0.05) is 18.5 Å². The Labute approximate surface area is 57.5 Å². The van der Waals surface area contributed by atoms with Crippen molar-refractivity contribution in [1.29, 1.82) is 0 Å². The minimum Gasteiger partial charge on any atom is -0.556 e. The lowest BCUT2D eigenvalue weighted by atomic mass is 10.3. The molecule has 48 valence electrons. The van der Waals surface area contributed by atoms with Gasteiger partial charge in [-0.2, -0.15) is 0 Å². The highest BCUT2D eigenvalue weighted by atomic mass is 32.7. The molecule has 0 aliphatic carbocycles. The van der Waals surface area contributed by atoms with E-state index in [0.717, 1.165) is 5.66 Å². The highest BCUT2D eigenvalue weighted by Crippen LogP contribution is 2.63. The van der Waals surface area contributed by atoms with Crippen LogP contribution in [-0.2, 0) is 12.2 Å². The van der Waals surface area contributed by atoms with E-state index in [2.05, 4.69) is 13.6 Å². The molecule has 0 aromatic carbocycles. The van der Waals surface area contributed by atoms with E-state index in [1.165, 1.54) is 19.0 Å². The topological polar surface area (TPSA) is 0 Å². The van der Waals surface area contributed by atoms with Gasteiger partial charge in [0.1, 0.15) is 0 Å². The van der Waals surface area contributed by atoms with E-state index in [1.807, 2.05) is 0 Å². The molecule has 1 rings (SSSR count). The van der Waals surface area contributed by atoms with Gasteiger partial charge >= 0.3 is 0 Å². The summed E-state index contributed by atoms with van der Waals surface area (Å²) in [6, 6.07) is 0. The van der Waals surface area contributed by atoms with Crippen molar-refractivity contribution in [3.8, 4) is 0 Å². The summed E-state index contributed by atoms with van der Waals surface area (Å²) in [6.07, 6.45) is 4.16. The molecule has 1 saturated heterocycles. The van der Waals surface area contributed by atoms with Crippen molar-refractivity contribution in [2.75, 3.05) is 12.8 Å². The van der Waals surface area contributed by atoms with Gasteiger partial charge < -0.3 is 12.2 Å². The van der Waals surface area contributed by atoms with Crippen molar-refractivity contribution in [2.24, 2.45) is 0 Å². The molecule has 1 aliphatic rings. The molecule has 0 aromatic rings. The average Bonchev–Trinajstić information content (AvgIpc) is 1.86. The summed E-state index contributed by atoms with van der Waals surface area (Å²) in [5.74, 6) is 0. The summed E-state index contributed by atoms with van der Waals surface area (Å²) in [7, 11) is 0. The summed E-state index contributed by atoms with van der Waals surface area (Å²) in [5.41, 5.74) is 0.887. The molecule has 0 spiro atoms. The molecule has 0 nitrogen and oxygen atoms in total. The molecule has 1 unspecified atom stereocenters. The second kappa shape index (κ2) is 2.19.